The highest BCUT2D eigenvalue weighted by molar-refractivity contribution is 5.45. The molecule has 1 aromatic rings. The van der Waals surface area contributed by atoms with Crippen molar-refractivity contribution in [3.63, 3.8) is 0 Å². The third-order valence-corrected chi connectivity index (χ3v) is 1.86. The summed E-state index contributed by atoms with van der Waals surface area (Å²) < 4.78 is 62.4. The first-order valence-electron chi connectivity index (χ1n) is 4.13. The molecule has 1 aromatic heterocycles. The van der Waals surface area contributed by atoms with E-state index in [1.165, 1.54) is 0 Å². The molecule has 0 aliphatic carbocycles. The van der Waals surface area contributed by atoms with Crippen molar-refractivity contribution in [3.8, 4) is 6.07 Å². The molecule has 0 atom stereocenters. The number of rotatable bonds is 2. The van der Waals surface area contributed by atoms with E-state index < -0.39 is 40.2 Å². The van der Waals surface area contributed by atoms with Gasteiger partial charge in [0, 0.05) is 6.07 Å². The molecule has 0 spiro atoms. The lowest BCUT2D eigenvalue weighted by molar-refractivity contribution is -0.389. The van der Waals surface area contributed by atoms with Crippen molar-refractivity contribution >= 4 is 5.82 Å². The van der Waals surface area contributed by atoms with Gasteiger partial charge in [-0.3, -0.25) is 0 Å². The minimum absolute atomic E-state index is 0.123. The Morgan fingerprint density at radius 2 is 2.00 bits per heavy atom. The van der Waals surface area contributed by atoms with Gasteiger partial charge in [-0.15, -0.1) is 0 Å². The normalized spacial score (nSPS) is 11.4. The molecule has 0 radical (unpaired) electrons. The lowest BCUT2D eigenvalue weighted by atomic mass is 10.1. The van der Waals surface area contributed by atoms with Gasteiger partial charge >= 0.3 is 12.0 Å². The summed E-state index contributed by atoms with van der Waals surface area (Å²) in [6.45, 7) is 0. The molecule has 0 amide bonds. The van der Waals surface area contributed by atoms with Crippen LogP contribution in [-0.2, 0) is 6.18 Å². The smallest absolute Gasteiger partial charge is 0.358 e. The Bertz CT molecular complexity index is 535. The van der Waals surface area contributed by atoms with Gasteiger partial charge in [0.1, 0.15) is 6.07 Å². The molecule has 18 heavy (non-hydrogen) atoms. The van der Waals surface area contributed by atoms with Crippen LogP contribution in [0.1, 0.15) is 23.2 Å². The Kier molecular flexibility index (Phi) is 3.45. The van der Waals surface area contributed by atoms with E-state index in [9.17, 15) is 32.1 Å². The van der Waals surface area contributed by atoms with Crippen molar-refractivity contribution in [1.29, 1.82) is 5.26 Å². The molecule has 0 unspecified atom stereocenters. The number of nitriles is 1. The molecule has 0 aliphatic heterocycles. The lowest BCUT2D eigenvalue weighted by Gasteiger charge is -2.11. The maximum Gasteiger partial charge on any atom is 0.417 e. The zero-order valence-electron chi connectivity index (χ0n) is 8.20. The fourth-order valence-corrected chi connectivity index (χ4v) is 1.18. The molecular weight excluding hydrogens is 265 g/mol. The highest BCUT2D eigenvalue weighted by atomic mass is 19.4. The summed E-state index contributed by atoms with van der Waals surface area (Å²) >= 11 is 0. The standard InChI is InChI=1S/C8H2F5N3O2/c9-7(10)6-3(8(11,12)13)1-5(16(17)18)15-4(6)2-14/h1,7H. The second kappa shape index (κ2) is 4.52. The van der Waals surface area contributed by atoms with E-state index in [0.717, 1.165) is 6.07 Å². The van der Waals surface area contributed by atoms with Crippen LogP contribution in [-0.4, -0.2) is 9.91 Å². The monoisotopic (exact) mass is 267 g/mol. The second-order valence-corrected chi connectivity index (χ2v) is 2.96. The van der Waals surface area contributed by atoms with Crippen molar-refractivity contribution in [2.75, 3.05) is 0 Å². The summed E-state index contributed by atoms with van der Waals surface area (Å²) in [4.78, 5) is 11.9. The highest BCUT2D eigenvalue weighted by Gasteiger charge is 2.41. The lowest BCUT2D eigenvalue weighted by Crippen LogP contribution is -2.13. The van der Waals surface area contributed by atoms with Crippen molar-refractivity contribution < 1.29 is 26.9 Å². The number of nitrogens with zero attached hydrogens (tertiary/aromatic N) is 3. The zero-order valence-corrected chi connectivity index (χ0v) is 8.20. The Labute approximate surface area is 95.6 Å². The van der Waals surface area contributed by atoms with Gasteiger partial charge in [0.15, 0.2) is 0 Å². The van der Waals surface area contributed by atoms with Crippen LogP contribution < -0.4 is 0 Å². The summed E-state index contributed by atoms with van der Waals surface area (Å²) in [7, 11) is 0. The number of hydrogen-bond acceptors (Lipinski definition) is 4. The highest BCUT2D eigenvalue weighted by Crippen LogP contribution is 2.38. The van der Waals surface area contributed by atoms with E-state index in [1.807, 2.05) is 0 Å². The van der Waals surface area contributed by atoms with Crippen LogP contribution in [0.3, 0.4) is 0 Å². The largest absolute Gasteiger partial charge is 0.417 e. The van der Waals surface area contributed by atoms with Gasteiger partial charge in [0.2, 0.25) is 0 Å². The third kappa shape index (κ3) is 2.50. The molecule has 0 N–H and O–H groups in total. The quantitative estimate of drug-likeness (QED) is 0.468. The van der Waals surface area contributed by atoms with E-state index >= 15 is 0 Å². The molecular formula is C8H2F5N3O2. The van der Waals surface area contributed by atoms with Crippen LogP contribution in [0, 0.1) is 21.4 Å². The molecule has 0 fully saturated rings. The fourth-order valence-electron chi connectivity index (χ4n) is 1.18. The third-order valence-electron chi connectivity index (χ3n) is 1.86. The maximum atomic E-state index is 12.5. The Balaban J connectivity index is 3.70. The van der Waals surface area contributed by atoms with E-state index in [1.54, 1.807) is 0 Å². The van der Waals surface area contributed by atoms with Gasteiger partial charge in [-0.2, -0.15) is 18.4 Å². The van der Waals surface area contributed by atoms with E-state index in [2.05, 4.69) is 4.98 Å². The number of nitro groups is 1. The Morgan fingerprint density at radius 1 is 1.44 bits per heavy atom. The van der Waals surface area contributed by atoms with Crippen molar-refractivity contribution in [3.05, 3.63) is 33.0 Å². The van der Waals surface area contributed by atoms with Crippen LogP contribution >= 0.6 is 0 Å². The average molecular weight is 267 g/mol. The second-order valence-electron chi connectivity index (χ2n) is 2.96. The van der Waals surface area contributed by atoms with Crippen molar-refractivity contribution in [2.45, 2.75) is 12.6 Å². The summed E-state index contributed by atoms with van der Waals surface area (Å²) in [5.41, 5.74) is -4.90. The van der Waals surface area contributed by atoms with Crippen molar-refractivity contribution in [1.82, 2.24) is 4.98 Å². The van der Waals surface area contributed by atoms with Gasteiger partial charge < -0.3 is 10.1 Å². The number of alkyl halides is 5. The minimum atomic E-state index is -5.24. The van der Waals surface area contributed by atoms with E-state index in [4.69, 9.17) is 5.26 Å². The predicted molar refractivity (Wildman–Crippen MR) is 45.6 cm³/mol. The molecule has 1 heterocycles. The number of pyridine rings is 1. The fraction of sp³-hybridized carbons (Fsp3) is 0.250. The molecule has 0 saturated carbocycles. The first-order chi connectivity index (χ1) is 8.18. The first-order valence-corrected chi connectivity index (χ1v) is 4.13. The van der Waals surface area contributed by atoms with Crippen LogP contribution in [0.15, 0.2) is 6.07 Å². The number of hydrogen-bond donors (Lipinski definition) is 0. The molecule has 96 valence electrons. The molecule has 0 saturated heterocycles. The SMILES string of the molecule is N#Cc1nc([N+](=O)[O-])cc(C(F)(F)F)c1C(F)F. The van der Waals surface area contributed by atoms with Crippen LogP contribution in [0.25, 0.3) is 0 Å². The van der Waals surface area contributed by atoms with Crippen LogP contribution in [0.4, 0.5) is 27.8 Å². The van der Waals surface area contributed by atoms with Gasteiger partial charge in [-0.1, -0.05) is 0 Å². The maximum absolute atomic E-state index is 12.5. The van der Waals surface area contributed by atoms with E-state index in [0.29, 0.717) is 0 Å². The predicted octanol–water partition coefficient (Wildman–Crippen LogP) is 2.82. The van der Waals surface area contributed by atoms with Gasteiger partial charge in [0.05, 0.1) is 11.1 Å². The number of halogens is 5. The summed E-state index contributed by atoms with van der Waals surface area (Å²) in [6, 6.07) is 0.866. The summed E-state index contributed by atoms with van der Waals surface area (Å²) in [6.07, 6.45) is -8.87. The minimum Gasteiger partial charge on any atom is -0.358 e. The molecule has 5 nitrogen and oxygen atoms in total. The molecule has 1 rings (SSSR count). The molecule has 0 aromatic carbocycles. The Hall–Kier alpha value is -2.31. The zero-order chi connectivity index (χ0) is 14.1. The van der Waals surface area contributed by atoms with E-state index in [-0.39, 0.29) is 6.07 Å². The summed E-state index contributed by atoms with van der Waals surface area (Å²) in [5.74, 6) is -1.32. The van der Waals surface area contributed by atoms with Crippen LogP contribution in [0.5, 0.6) is 0 Å². The van der Waals surface area contributed by atoms with Gasteiger partial charge in [-0.05, 0) is 9.91 Å². The van der Waals surface area contributed by atoms with Gasteiger partial charge in [0.25, 0.3) is 12.1 Å². The average Bonchev–Trinajstić information content (AvgIpc) is 2.25. The first kappa shape index (κ1) is 13.8. The molecule has 10 heteroatoms. The Morgan fingerprint density at radius 3 is 2.33 bits per heavy atom. The molecule has 0 aliphatic rings. The van der Waals surface area contributed by atoms with Crippen LogP contribution in [0.2, 0.25) is 0 Å². The van der Waals surface area contributed by atoms with Gasteiger partial charge in [-0.25, -0.2) is 8.78 Å². The van der Waals surface area contributed by atoms with Crippen molar-refractivity contribution in [2.24, 2.45) is 0 Å². The topological polar surface area (TPSA) is 79.8 Å². The summed E-state index contributed by atoms with van der Waals surface area (Å²) in [5, 5.41) is 18.7. The number of aromatic nitrogens is 1. The molecule has 0 bridgehead atoms.